The third kappa shape index (κ3) is 5.15. The summed E-state index contributed by atoms with van der Waals surface area (Å²) in [5, 5.41) is 6.22. The lowest BCUT2D eigenvalue weighted by Gasteiger charge is -2.30. The summed E-state index contributed by atoms with van der Waals surface area (Å²) >= 11 is 0. The van der Waals surface area contributed by atoms with E-state index in [-0.39, 0.29) is 24.4 Å². The van der Waals surface area contributed by atoms with Crippen molar-refractivity contribution in [2.75, 3.05) is 24.1 Å². The Morgan fingerprint density at radius 2 is 2.00 bits per heavy atom. The molecule has 3 N–H and O–H groups in total. The Labute approximate surface area is 137 Å². The van der Waals surface area contributed by atoms with Crippen LogP contribution in [-0.4, -0.2) is 39.7 Å². The van der Waals surface area contributed by atoms with Crippen LogP contribution in [0.4, 0.5) is 5.69 Å². The standard InChI is InChI=1S/C14H21N3O3S.ClH/c1-10-7-8-15-9-13(10)16-14(18)11-5-3-4-6-12(11)17-21(2,19)20;/h3-6,10,13,15,17H,7-9H2,1-2H3,(H,16,18);1H. The van der Waals surface area contributed by atoms with Gasteiger partial charge in [-0.25, -0.2) is 8.42 Å². The Kier molecular flexibility index (Phi) is 6.65. The van der Waals surface area contributed by atoms with Crippen LogP contribution in [0.25, 0.3) is 0 Å². The highest BCUT2D eigenvalue weighted by Crippen LogP contribution is 2.18. The molecule has 1 aromatic rings. The second-order valence-corrected chi connectivity index (χ2v) is 7.22. The molecule has 0 radical (unpaired) electrons. The lowest BCUT2D eigenvalue weighted by molar-refractivity contribution is 0.0916. The van der Waals surface area contributed by atoms with Gasteiger partial charge in [-0.15, -0.1) is 12.4 Å². The van der Waals surface area contributed by atoms with E-state index >= 15 is 0 Å². The molecule has 8 heteroatoms. The van der Waals surface area contributed by atoms with Crippen LogP contribution >= 0.6 is 12.4 Å². The van der Waals surface area contributed by atoms with Gasteiger partial charge in [0.05, 0.1) is 17.5 Å². The zero-order valence-corrected chi connectivity index (χ0v) is 14.3. The normalized spacial score (nSPS) is 21.5. The number of rotatable bonds is 4. The average molecular weight is 348 g/mol. The Bertz CT molecular complexity index is 622. The van der Waals surface area contributed by atoms with Crippen molar-refractivity contribution in [2.24, 2.45) is 5.92 Å². The SMILES string of the molecule is CC1CCNCC1NC(=O)c1ccccc1NS(C)(=O)=O.Cl. The molecule has 2 unspecified atom stereocenters. The molecule has 2 rings (SSSR count). The molecule has 1 aliphatic rings. The third-order valence-electron chi connectivity index (χ3n) is 3.61. The minimum atomic E-state index is -3.42. The van der Waals surface area contributed by atoms with Crippen LogP contribution in [0.3, 0.4) is 0 Å². The third-order valence-corrected chi connectivity index (χ3v) is 4.20. The first-order valence-corrected chi connectivity index (χ1v) is 8.84. The maximum absolute atomic E-state index is 12.4. The summed E-state index contributed by atoms with van der Waals surface area (Å²) in [5.41, 5.74) is 0.634. The number of amides is 1. The molecule has 0 aromatic heterocycles. The van der Waals surface area contributed by atoms with Crippen LogP contribution in [0.15, 0.2) is 24.3 Å². The molecule has 1 aromatic carbocycles. The molecule has 22 heavy (non-hydrogen) atoms. The van der Waals surface area contributed by atoms with E-state index in [1.807, 2.05) is 0 Å². The first kappa shape index (κ1) is 18.7. The van der Waals surface area contributed by atoms with Gasteiger partial charge in [-0.05, 0) is 31.0 Å². The van der Waals surface area contributed by atoms with Crippen molar-refractivity contribution in [3.05, 3.63) is 29.8 Å². The van der Waals surface area contributed by atoms with Crippen molar-refractivity contribution >= 4 is 34.0 Å². The fourth-order valence-corrected chi connectivity index (χ4v) is 2.98. The molecule has 1 amide bonds. The number of halogens is 1. The number of anilines is 1. The fraction of sp³-hybridized carbons (Fsp3) is 0.500. The average Bonchev–Trinajstić information content (AvgIpc) is 2.40. The molecule has 0 bridgehead atoms. The maximum atomic E-state index is 12.4. The lowest BCUT2D eigenvalue weighted by atomic mass is 9.94. The van der Waals surface area contributed by atoms with Crippen molar-refractivity contribution < 1.29 is 13.2 Å². The minimum Gasteiger partial charge on any atom is -0.348 e. The molecule has 0 saturated carbocycles. The van der Waals surface area contributed by atoms with Crippen LogP contribution in [0.2, 0.25) is 0 Å². The van der Waals surface area contributed by atoms with Crippen molar-refractivity contribution in [2.45, 2.75) is 19.4 Å². The molecule has 2 atom stereocenters. The predicted molar refractivity (Wildman–Crippen MR) is 90.1 cm³/mol. The zero-order valence-electron chi connectivity index (χ0n) is 12.6. The van der Waals surface area contributed by atoms with E-state index in [0.717, 1.165) is 25.8 Å². The summed E-state index contributed by atoms with van der Waals surface area (Å²) in [6, 6.07) is 6.65. The maximum Gasteiger partial charge on any atom is 0.253 e. The summed E-state index contributed by atoms with van der Waals surface area (Å²) in [5.74, 6) is 0.132. The van der Waals surface area contributed by atoms with Gasteiger partial charge in [-0.1, -0.05) is 19.1 Å². The molecule has 124 valence electrons. The van der Waals surface area contributed by atoms with Crippen molar-refractivity contribution in [1.29, 1.82) is 0 Å². The topological polar surface area (TPSA) is 87.3 Å². The van der Waals surface area contributed by atoms with Crippen molar-refractivity contribution in [1.82, 2.24) is 10.6 Å². The molecule has 1 saturated heterocycles. The second-order valence-electron chi connectivity index (χ2n) is 5.47. The molecule has 6 nitrogen and oxygen atoms in total. The van der Waals surface area contributed by atoms with Crippen molar-refractivity contribution in [3.63, 3.8) is 0 Å². The molecule has 0 aliphatic carbocycles. The number of nitrogens with one attached hydrogen (secondary N) is 3. The van der Waals surface area contributed by atoms with E-state index in [4.69, 9.17) is 0 Å². The van der Waals surface area contributed by atoms with Gasteiger partial charge in [0.1, 0.15) is 0 Å². The molecule has 1 fully saturated rings. The Morgan fingerprint density at radius 1 is 1.32 bits per heavy atom. The van der Waals surface area contributed by atoms with E-state index < -0.39 is 10.0 Å². The highest BCUT2D eigenvalue weighted by molar-refractivity contribution is 7.92. The van der Waals surface area contributed by atoms with Gasteiger partial charge in [0, 0.05) is 12.6 Å². The highest BCUT2D eigenvalue weighted by Gasteiger charge is 2.24. The highest BCUT2D eigenvalue weighted by atomic mass is 35.5. The molecule has 0 spiro atoms. The molecule has 1 aliphatic heterocycles. The predicted octanol–water partition coefficient (Wildman–Crippen LogP) is 1.21. The first-order valence-electron chi connectivity index (χ1n) is 6.95. The number of hydrogen-bond acceptors (Lipinski definition) is 4. The smallest absolute Gasteiger partial charge is 0.253 e. The Morgan fingerprint density at radius 3 is 2.64 bits per heavy atom. The number of piperidine rings is 1. The van der Waals surface area contributed by atoms with Crippen LogP contribution in [0, 0.1) is 5.92 Å². The molecule has 1 heterocycles. The summed E-state index contributed by atoms with van der Waals surface area (Å²) in [4.78, 5) is 12.4. The van der Waals surface area contributed by atoms with Crippen LogP contribution in [-0.2, 0) is 10.0 Å². The van der Waals surface area contributed by atoms with Crippen molar-refractivity contribution in [3.8, 4) is 0 Å². The van der Waals surface area contributed by atoms with E-state index in [1.165, 1.54) is 0 Å². The van der Waals surface area contributed by atoms with Gasteiger partial charge in [0.25, 0.3) is 5.91 Å². The number of carbonyl (C=O) groups excluding carboxylic acids is 1. The summed E-state index contributed by atoms with van der Waals surface area (Å²) in [6.45, 7) is 3.79. The van der Waals surface area contributed by atoms with Gasteiger partial charge < -0.3 is 10.6 Å². The largest absolute Gasteiger partial charge is 0.348 e. The number of carbonyl (C=O) groups is 1. The van der Waals surface area contributed by atoms with Gasteiger partial charge in [-0.2, -0.15) is 0 Å². The lowest BCUT2D eigenvalue weighted by Crippen LogP contribution is -2.50. The van der Waals surface area contributed by atoms with Crippen LogP contribution < -0.4 is 15.4 Å². The van der Waals surface area contributed by atoms with E-state index in [1.54, 1.807) is 24.3 Å². The number of sulfonamides is 1. The van der Waals surface area contributed by atoms with E-state index in [0.29, 0.717) is 17.2 Å². The molecular formula is C14H22ClN3O3S. The Balaban J connectivity index is 0.00000242. The monoisotopic (exact) mass is 347 g/mol. The van der Waals surface area contributed by atoms with Gasteiger partial charge in [-0.3, -0.25) is 9.52 Å². The Hall–Kier alpha value is -1.31. The zero-order chi connectivity index (χ0) is 15.5. The minimum absolute atomic E-state index is 0. The second kappa shape index (κ2) is 7.80. The summed E-state index contributed by atoms with van der Waals surface area (Å²) < 4.78 is 25.1. The fourth-order valence-electron chi connectivity index (χ4n) is 2.40. The summed E-state index contributed by atoms with van der Waals surface area (Å²) in [7, 11) is -3.42. The summed E-state index contributed by atoms with van der Waals surface area (Å²) in [6.07, 6.45) is 2.07. The molecular weight excluding hydrogens is 326 g/mol. The quantitative estimate of drug-likeness (QED) is 0.764. The first-order chi connectivity index (χ1) is 9.87. The van der Waals surface area contributed by atoms with Gasteiger partial charge in [0.15, 0.2) is 0 Å². The number of hydrogen-bond donors (Lipinski definition) is 3. The van der Waals surface area contributed by atoms with E-state index in [2.05, 4.69) is 22.3 Å². The van der Waals surface area contributed by atoms with E-state index in [9.17, 15) is 13.2 Å². The van der Waals surface area contributed by atoms with Gasteiger partial charge >= 0.3 is 0 Å². The van der Waals surface area contributed by atoms with Crippen LogP contribution in [0.5, 0.6) is 0 Å². The van der Waals surface area contributed by atoms with Gasteiger partial charge in [0.2, 0.25) is 10.0 Å². The number of para-hydroxylation sites is 1. The van der Waals surface area contributed by atoms with Crippen LogP contribution in [0.1, 0.15) is 23.7 Å². The number of benzene rings is 1.